The number of ether oxygens (including phenoxy) is 1. The van der Waals surface area contributed by atoms with Gasteiger partial charge >= 0.3 is 0 Å². The second-order valence-corrected chi connectivity index (χ2v) is 6.59. The van der Waals surface area contributed by atoms with Crippen LogP contribution >= 0.6 is 39.1 Å². The van der Waals surface area contributed by atoms with Crippen molar-refractivity contribution in [2.75, 3.05) is 13.1 Å². The summed E-state index contributed by atoms with van der Waals surface area (Å²) in [5.41, 5.74) is 0.477. The Balaban J connectivity index is 1.62. The van der Waals surface area contributed by atoms with Gasteiger partial charge < -0.3 is 9.64 Å². The van der Waals surface area contributed by atoms with Crippen molar-refractivity contribution in [2.24, 2.45) is 0 Å². The molecule has 0 spiro atoms. The number of amides is 1. The standard InChI is InChI=1S/C15H11BrCl2N2O2/c16-9-3-4-12(17)11(6-9)15(21)20-7-10(8-20)22-14-13(18)2-1-5-19-14/h1-6,10H,7-8H2. The Kier molecular flexibility index (Phi) is 4.57. The highest BCUT2D eigenvalue weighted by molar-refractivity contribution is 9.10. The van der Waals surface area contributed by atoms with E-state index in [9.17, 15) is 4.79 Å². The summed E-state index contributed by atoms with van der Waals surface area (Å²) in [6.45, 7) is 0.961. The van der Waals surface area contributed by atoms with Crippen LogP contribution in [-0.2, 0) is 0 Å². The van der Waals surface area contributed by atoms with Crippen LogP contribution in [0.1, 0.15) is 10.4 Å². The van der Waals surface area contributed by atoms with Crippen molar-refractivity contribution in [3.63, 3.8) is 0 Å². The molecule has 1 amide bonds. The smallest absolute Gasteiger partial charge is 0.255 e. The molecule has 7 heteroatoms. The zero-order chi connectivity index (χ0) is 15.7. The maximum Gasteiger partial charge on any atom is 0.255 e. The maximum atomic E-state index is 12.4. The zero-order valence-corrected chi connectivity index (χ0v) is 14.4. The first-order valence-corrected chi connectivity index (χ1v) is 8.11. The molecule has 1 aliphatic rings. The van der Waals surface area contributed by atoms with Gasteiger partial charge in [0.15, 0.2) is 0 Å². The molecule has 1 aromatic carbocycles. The van der Waals surface area contributed by atoms with Gasteiger partial charge in [-0.15, -0.1) is 0 Å². The van der Waals surface area contributed by atoms with E-state index in [0.717, 1.165) is 4.47 Å². The Labute approximate surface area is 146 Å². The summed E-state index contributed by atoms with van der Waals surface area (Å²) in [5, 5.41) is 0.896. The lowest BCUT2D eigenvalue weighted by molar-refractivity contribution is 0.0160. The molecule has 0 atom stereocenters. The molecule has 0 saturated carbocycles. The molecule has 1 aliphatic heterocycles. The largest absolute Gasteiger partial charge is 0.470 e. The fourth-order valence-electron chi connectivity index (χ4n) is 2.13. The van der Waals surface area contributed by atoms with Crippen LogP contribution in [-0.4, -0.2) is 35.0 Å². The zero-order valence-electron chi connectivity index (χ0n) is 11.3. The molecule has 1 saturated heterocycles. The number of nitrogens with zero attached hydrogens (tertiary/aromatic N) is 2. The molecule has 3 rings (SSSR count). The van der Waals surface area contributed by atoms with Crippen molar-refractivity contribution in [2.45, 2.75) is 6.10 Å². The summed E-state index contributed by atoms with van der Waals surface area (Å²) in [6.07, 6.45) is 1.51. The highest BCUT2D eigenvalue weighted by Gasteiger charge is 2.34. The minimum Gasteiger partial charge on any atom is -0.470 e. The third-order valence-electron chi connectivity index (χ3n) is 3.30. The van der Waals surface area contributed by atoms with Gasteiger partial charge in [0.1, 0.15) is 11.1 Å². The molecule has 0 unspecified atom stereocenters. The second-order valence-electron chi connectivity index (χ2n) is 4.86. The van der Waals surface area contributed by atoms with Gasteiger partial charge in [-0.05, 0) is 30.3 Å². The monoisotopic (exact) mass is 400 g/mol. The van der Waals surface area contributed by atoms with Gasteiger partial charge in [0.05, 0.1) is 23.7 Å². The van der Waals surface area contributed by atoms with Gasteiger partial charge in [-0.2, -0.15) is 0 Å². The summed E-state index contributed by atoms with van der Waals surface area (Å²) in [7, 11) is 0. The van der Waals surface area contributed by atoms with Crippen LogP contribution in [0, 0.1) is 0 Å². The van der Waals surface area contributed by atoms with Crippen molar-refractivity contribution in [1.29, 1.82) is 0 Å². The van der Waals surface area contributed by atoms with E-state index in [-0.39, 0.29) is 12.0 Å². The van der Waals surface area contributed by atoms with E-state index in [1.54, 1.807) is 41.4 Å². The summed E-state index contributed by atoms with van der Waals surface area (Å²) < 4.78 is 6.49. The molecule has 0 N–H and O–H groups in total. The summed E-state index contributed by atoms with van der Waals surface area (Å²) in [6, 6.07) is 8.66. The average molecular weight is 402 g/mol. The van der Waals surface area contributed by atoms with Gasteiger partial charge in [-0.25, -0.2) is 4.98 Å². The Morgan fingerprint density at radius 3 is 2.77 bits per heavy atom. The molecule has 1 aromatic heterocycles. The van der Waals surface area contributed by atoms with Gasteiger partial charge in [-0.1, -0.05) is 39.1 Å². The highest BCUT2D eigenvalue weighted by Crippen LogP contribution is 2.27. The topological polar surface area (TPSA) is 42.4 Å². The van der Waals surface area contributed by atoms with Crippen LogP contribution in [0.5, 0.6) is 5.88 Å². The molecule has 0 radical (unpaired) electrons. The lowest BCUT2D eigenvalue weighted by atomic mass is 10.1. The normalized spacial score (nSPS) is 14.6. The first-order chi connectivity index (χ1) is 10.5. The number of carbonyl (C=O) groups excluding carboxylic acids is 1. The van der Waals surface area contributed by atoms with Crippen LogP contribution in [0.2, 0.25) is 10.0 Å². The first kappa shape index (κ1) is 15.6. The van der Waals surface area contributed by atoms with Crippen LogP contribution in [0.4, 0.5) is 0 Å². The van der Waals surface area contributed by atoms with Crippen LogP contribution in [0.3, 0.4) is 0 Å². The molecule has 0 aliphatic carbocycles. The van der Waals surface area contributed by atoms with Gasteiger partial charge in [0.2, 0.25) is 5.88 Å². The fourth-order valence-corrected chi connectivity index (χ4v) is 2.85. The van der Waals surface area contributed by atoms with Crippen molar-refractivity contribution in [3.8, 4) is 5.88 Å². The van der Waals surface area contributed by atoms with Crippen LogP contribution < -0.4 is 4.74 Å². The number of halogens is 3. The summed E-state index contributed by atoms with van der Waals surface area (Å²) >= 11 is 15.4. The van der Waals surface area contributed by atoms with Gasteiger partial charge in [0.25, 0.3) is 5.91 Å². The van der Waals surface area contributed by atoms with Crippen LogP contribution in [0.15, 0.2) is 41.0 Å². The van der Waals surface area contributed by atoms with Gasteiger partial charge in [0, 0.05) is 10.7 Å². The lowest BCUT2D eigenvalue weighted by Crippen LogP contribution is -2.56. The number of aromatic nitrogens is 1. The molecular weight excluding hydrogens is 391 g/mol. The molecular formula is C15H11BrCl2N2O2. The number of hydrogen-bond acceptors (Lipinski definition) is 3. The number of hydrogen-bond donors (Lipinski definition) is 0. The fraction of sp³-hybridized carbons (Fsp3) is 0.200. The molecule has 2 aromatic rings. The Hall–Kier alpha value is -1.30. The molecule has 22 heavy (non-hydrogen) atoms. The van der Waals surface area contributed by atoms with E-state index >= 15 is 0 Å². The minimum absolute atomic E-state index is 0.109. The molecule has 4 nitrogen and oxygen atoms in total. The first-order valence-electron chi connectivity index (χ1n) is 6.56. The lowest BCUT2D eigenvalue weighted by Gasteiger charge is -2.38. The van der Waals surface area contributed by atoms with Crippen LogP contribution in [0.25, 0.3) is 0 Å². The second kappa shape index (κ2) is 6.44. The van der Waals surface area contributed by atoms with Crippen molar-refractivity contribution < 1.29 is 9.53 Å². The Morgan fingerprint density at radius 2 is 2.05 bits per heavy atom. The Morgan fingerprint density at radius 1 is 1.27 bits per heavy atom. The van der Waals surface area contributed by atoms with E-state index in [4.69, 9.17) is 27.9 Å². The van der Waals surface area contributed by atoms with E-state index < -0.39 is 0 Å². The van der Waals surface area contributed by atoms with E-state index in [0.29, 0.717) is 34.6 Å². The third-order valence-corrected chi connectivity index (χ3v) is 4.41. The molecule has 0 bridgehead atoms. The summed E-state index contributed by atoms with van der Waals surface area (Å²) in [5.74, 6) is 0.278. The quantitative estimate of drug-likeness (QED) is 0.778. The predicted octanol–water partition coefficient (Wildman–Crippen LogP) is 4.05. The number of likely N-dealkylation sites (tertiary alicyclic amines) is 1. The molecule has 114 valence electrons. The molecule has 2 heterocycles. The predicted molar refractivity (Wildman–Crippen MR) is 88.7 cm³/mol. The number of benzene rings is 1. The molecule has 1 fully saturated rings. The third kappa shape index (κ3) is 3.21. The number of carbonyl (C=O) groups is 1. The minimum atomic E-state index is -0.113. The maximum absolute atomic E-state index is 12.4. The Bertz CT molecular complexity index is 720. The summed E-state index contributed by atoms with van der Waals surface area (Å²) in [4.78, 5) is 18.1. The van der Waals surface area contributed by atoms with Crippen molar-refractivity contribution >= 4 is 45.0 Å². The van der Waals surface area contributed by atoms with E-state index in [1.807, 2.05) is 0 Å². The SMILES string of the molecule is O=C(c1cc(Br)ccc1Cl)N1CC(Oc2ncccc2Cl)C1. The van der Waals surface area contributed by atoms with Crippen molar-refractivity contribution in [3.05, 3.63) is 56.6 Å². The highest BCUT2D eigenvalue weighted by atomic mass is 79.9. The van der Waals surface area contributed by atoms with Crippen molar-refractivity contribution in [1.82, 2.24) is 9.88 Å². The number of rotatable bonds is 3. The number of pyridine rings is 1. The van der Waals surface area contributed by atoms with Gasteiger partial charge in [-0.3, -0.25) is 4.79 Å². The van der Waals surface area contributed by atoms with E-state index in [1.165, 1.54) is 0 Å². The average Bonchev–Trinajstić information content (AvgIpc) is 2.46. The van der Waals surface area contributed by atoms with E-state index in [2.05, 4.69) is 20.9 Å².